The van der Waals surface area contributed by atoms with Gasteiger partial charge < -0.3 is 31.5 Å². The Morgan fingerprint density at radius 1 is 1.14 bits per heavy atom. The van der Waals surface area contributed by atoms with Gasteiger partial charge in [-0.05, 0) is 39.0 Å². The molecule has 160 valence electrons. The third-order valence-corrected chi connectivity index (χ3v) is 4.61. The van der Waals surface area contributed by atoms with Crippen molar-refractivity contribution in [2.45, 2.75) is 77.2 Å². The van der Waals surface area contributed by atoms with E-state index in [-0.39, 0.29) is 18.2 Å². The number of nitrogens with two attached hydrogens (primary N) is 1. The highest BCUT2D eigenvalue weighted by molar-refractivity contribution is 5.94. The second kappa shape index (κ2) is 10.4. The lowest BCUT2D eigenvalue weighted by atomic mass is 10.0. The molecule has 3 amide bonds. The highest BCUT2D eigenvalue weighted by Gasteiger charge is 2.37. The van der Waals surface area contributed by atoms with Crippen LogP contribution in [0.1, 0.15) is 47.0 Å². The van der Waals surface area contributed by atoms with Crippen LogP contribution >= 0.6 is 0 Å². The number of carboxylic acids is 1. The summed E-state index contributed by atoms with van der Waals surface area (Å²) in [5, 5.41) is 23.6. The third kappa shape index (κ3) is 6.45. The van der Waals surface area contributed by atoms with Crippen molar-refractivity contribution >= 4 is 23.7 Å². The van der Waals surface area contributed by atoms with Gasteiger partial charge in [-0.1, -0.05) is 13.8 Å². The van der Waals surface area contributed by atoms with Crippen molar-refractivity contribution in [1.82, 2.24) is 15.5 Å². The highest BCUT2D eigenvalue weighted by atomic mass is 16.4. The van der Waals surface area contributed by atoms with Crippen LogP contribution in [0, 0.1) is 5.92 Å². The van der Waals surface area contributed by atoms with Crippen LogP contribution in [0.15, 0.2) is 0 Å². The minimum Gasteiger partial charge on any atom is -0.480 e. The van der Waals surface area contributed by atoms with Gasteiger partial charge in [0.15, 0.2) is 6.04 Å². The Bertz CT molecular complexity index is 593. The van der Waals surface area contributed by atoms with Crippen LogP contribution in [0.2, 0.25) is 0 Å². The summed E-state index contributed by atoms with van der Waals surface area (Å²) in [6.45, 7) is 6.94. The van der Waals surface area contributed by atoms with Gasteiger partial charge in [-0.3, -0.25) is 14.4 Å². The molecule has 10 nitrogen and oxygen atoms in total. The number of carbonyl (C=O) groups excluding carboxylic acids is 3. The summed E-state index contributed by atoms with van der Waals surface area (Å²) in [5.74, 6) is -2.84. The zero-order chi connectivity index (χ0) is 21.6. The van der Waals surface area contributed by atoms with Crippen molar-refractivity contribution in [3.63, 3.8) is 0 Å². The van der Waals surface area contributed by atoms with Gasteiger partial charge in [0.25, 0.3) is 0 Å². The summed E-state index contributed by atoms with van der Waals surface area (Å²) < 4.78 is 0. The topological polar surface area (TPSA) is 162 Å². The molecule has 0 aromatic carbocycles. The molecule has 0 saturated carbocycles. The molecule has 0 spiro atoms. The number of aliphatic carboxylic acids is 1. The summed E-state index contributed by atoms with van der Waals surface area (Å²) in [6, 6.07) is -3.92. The van der Waals surface area contributed by atoms with E-state index in [1.807, 2.05) is 13.8 Å². The van der Waals surface area contributed by atoms with Crippen molar-refractivity contribution in [3.8, 4) is 0 Å². The Hall–Kier alpha value is -2.20. The highest BCUT2D eigenvalue weighted by Crippen LogP contribution is 2.19. The summed E-state index contributed by atoms with van der Waals surface area (Å²) in [6.07, 6.45) is 0.0928. The average molecular weight is 400 g/mol. The van der Waals surface area contributed by atoms with E-state index >= 15 is 0 Å². The van der Waals surface area contributed by atoms with E-state index in [0.29, 0.717) is 19.4 Å². The number of likely N-dealkylation sites (tertiary alicyclic amines) is 1. The van der Waals surface area contributed by atoms with Crippen LogP contribution < -0.4 is 16.4 Å². The number of hydrogen-bond donors (Lipinski definition) is 5. The van der Waals surface area contributed by atoms with Crippen molar-refractivity contribution in [2.75, 3.05) is 6.54 Å². The lowest BCUT2D eigenvalue weighted by molar-refractivity contribution is -0.145. The maximum absolute atomic E-state index is 12.7. The fraction of sp³-hybridized carbons (Fsp3) is 0.778. The number of nitrogens with one attached hydrogen (secondary N) is 2. The fourth-order valence-electron chi connectivity index (χ4n) is 3.18. The number of nitrogens with zero attached hydrogens (tertiary/aromatic N) is 1. The van der Waals surface area contributed by atoms with Gasteiger partial charge in [-0.25, -0.2) is 4.79 Å². The van der Waals surface area contributed by atoms with Gasteiger partial charge in [0.05, 0.1) is 12.1 Å². The monoisotopic (exact) mass is 400 g/mol. The van der Waals surface area contributed by atoms with Crippen LogP contribution in [-0.2, 0) is 19.2 Å². The number of amides is 3. The van der Waals surface area contributed by atoms with E-state index in [0.717, 1.165) is 0 Å². The van der Waals surface area contributed by atoms with Crippen molar-refractivity contribution in [2.24, 2.45) is 11.7 Å². The number of aliphatic hydroxyl groups excluding tert-OH is 1. The summed E-state index contributed by atoms with van der Waals surface area (Å²) in [5.41, 5.74) is 5.64. The Labute approximate surface area is 164 Å². The van der Waals surface area contributed by atoms with E-state index in [4.69, 9.17) is 10.8 Å². The SMILES string of the molecule is CC(C)CC(NC(=O)C1CCCN1C(=O)C(C)N)C(=O)NC(C(=O)O)C(C)O. The number of hydrogen-bond acceptors (Lipinski definition) is 6. The summed E-state index contributed by atoms with van der Waals surface area (Å²) in [7, 11) is 0. The molecule has 1 aliphatic rings. The molecule has 10 heteroatoms. The molecule has 0 aromatic rings. The quantitative estimate of drug-likeness (QED) is 0.325. The molecular formula is C18H32N4O6. The lowest BCUT2D eigenvalue weighted by Crippen LogP contribution is -2.58. The number of aliphatic hydroxyl groups is 1. The van der Waals surface area contributed by atoms with Gasteiger partial charge in [0.1, 0.15) is 12.1 Å². The Morgan fingerprint density at radius 3 is 2.21 bits per heavy atom. The normalized spacial score (nSPS) is 21.0. The second-order valence-electron chi connectivity index (χ2n) is 7.73. The molecule has 0 radical (unpaired) electrons. The molecule has 1 fully saturated rings. The first kappa shape index (κ1) is 23.8. The van der Waals surface area contributed by atoms with Gasteiger partial charge >= 0.3 is 5.97 Å². The smallest absolute Gasteiger partial charge is 0.328 e. The Morgan fingerprint density at radius 2 is 1.75 bits per heavy atom. The number of rotatable bonds is 9. The minimum atomic E-state index is -1.48. The molecule has 0 aliphatic carbocycles. The molecule has 0 aromatic heterocycles. The number of carbonyl (C=O) groups is 4. The maximum atomic E-state index is 12.7. The van der Waals surface area contributed by atoms with Crippen LogP contribution in [0.5, 0.6) is 0 Å². The summed E-state index contributed by atoms with van der Waals surface area (Å²) in [4.78, 5) is 50.1. The molecule has 0 bridgehead atoms. The van der Waals surface area contributed by atoms with E-state index in [1.165, 1.54) is 11.8 Å². The molecule has 5 atom stereocenters. The number of carboxylic acid groups (broad SMARTS) is 1. The Kier molecular flexibility index (Phi) is 8.83. The largest absolute Gasteiger partial charge is 0.480 e. The van der Waals surface area contributed by atoms with E-state index < -0.39 is 48.1 Å². The molecule has 1 heterocycles. The van der Waals surface area contributed by atoms with E-state index in [1.54, 1.807) is 6.92 Å². The summed E-state index contributed by atoms with van der Waals surface area (Å²) >= 11 is 0. The Balaban J connectivity index is 2.90. The predicted molar refractivity (Wildman–Crippen MR) is 101 cm³/mol. The second-order valence-corrected chi connectivity index (χ2v) is 7.73. The zero-order valence-corrected chi connectivity index (χ0v) is 16.8. The first-order valence-corrected chi connectivity index (χ1v) is 9.53. The minimum absolute atomic E-state index is 0.0382. The van der Waals surface area contributed by atoms with Gasteiger partial charge in [0, 0.05) is 6.54 Å². The van der Waals surface area contributed by atoms with Crippen molar-refractivity contribution in [3.05, 3.63) is 0 Å². The third-order valence-electron chi connectivity index (χ3n) is 4.61. The van der Waals surface area contributed by atoms with E-state index in [9.17, 15) is 24.3 Å². The average Bonchev–Trinajstić information content (AvgIpc) is 3.06. The van der Waals surface area contributed by atoms with Crippen molar-refractivity contribution in [1.29, 1.82) is 0 Å². The first-order valence-electron chi connectivity index (χ1n) is 9.53. The van der Waals surface area contributed by atoms with Crippen LogP contribution in [0.3, 0.4) is 0 Å². The van der Waals surface area contributed by atoms with Gasteiger partial charge in [0.2, 0.25) is 17.7 Å². The van der Waals surface area contributed by atoms with E-state index in [2.05, 4.69) is 10.6 Å². The maximum Gasteiger partial charge on any atom is 0.328 e. The zero-order valence-electron chi connectivity index (χ0n) is 16.8. The standard InChI is InChI=1S/C18H32N4O6/c1-9(2)8-12(15(24)21-14(11(4)23)18(27)28)20-16(25)13-6-5-7-22(13)17(26)10(3)19/h9-14,23H,5-8,19H2,1-4H3,(H,20,25)(H,21,24)(H,27,28). The molecule has 5 unspecified atom stereocenters. The molecule has 1 saturated heterocycles. The molecule has 28 heavy (non-hydrogen) atoms. The van der Waals surface area contributed by atoms with Gasteiger partial charge in [-0.15, -0.1) is 0 Å². The fourth-order valence-corrected chi connectivity index (χ4v) is 3.18. The lowest BCUT2D eigenvalue weighted by Gasteiger charge is -2.28. The molecule has 6 N–H and O–H groups in total. The van der Waals surface area contributed by atoms with Gasteiger partial charge in [-0.2, -0.15) is 0 Å². The van der Waals surface area contributed by atoms with Crippen LogP contribution in [0.4, 0.5) is 0 Å². The first-order chi connectivity index (χ1) is 13.0. The van der Waals surface area contributed by atoms with Crippen molar-refractivity contribution < 1.29 is 29.4 Å². The molecule has 1 rings (SSSR count). The predicted octanol–water partition coefficient (Wildman–Crippen LogP) is -1.19. The van der Waals surface area contributed by atoms with Crippen LogP contribution in [0.25, 0.3) is 0 Å². The molecular weight excluding hydrogens is 368 g/mol. The molecule has 1 aliphatic heterocycles. The van der Waals surface area contributed by atoms with Crippen LogP contribution in [-0.4, -0.2) is 75.6 Å².